The molecule has 5 heteroatoms. The summed E-state index contributed by atoms with van der Waals surface area (Å²) in [5.74, 6) is 0.123. The fourth-order valence-electron chi connectivity index (χ4n) is 2.60. The maximum atomic E-state index is 12.4. The van der Waals surface area contributed by atoms with Crippen LogP contribution in [0.1, 0.15) is 30.4 Å². The molecule has 1 atom stereocenters. The average Bonchev–Trinajstić information content (AvgIpc) is 2.88. The van der Waals surface area contributed by atoms with E-state index in [1.54, 1.807) is 0 Å². The predicted octanol–water partition coefficient (Wildman–Crippen LogP) is 2.25. The second-order valence-corrected chi connectivity index (χ2v) is 7.36. The van der Waals surface area contributed by atoms with Crippen LogP contribution < -0.4 is 0 Å². The summed E-state index contributed by atoms with van der Waals surface area (Å²) in [5.41, 5.74) is 2.21. The molecule has 4 nitrogen and oxygen atoms in total. The van der Waals surface area contributed by atoms with Gasteiger partial charge in [0.1, 0.15) is 0 Å². The van der Waals surface area contributed by atoms with Gasteiger partial charge in [-0.2, -0.15) is 9.57 Å². The van der Waals surface area contributed by atoms with Gasteiger partial charge in [0.15, 0.2) is 0 Å². The van der Waals surface area contributed by atoms with Crippen LogP contribution in [-0.2, 0) is 16.4 Å². The third-order valence-corrected chi connectivity index (χ3v) is 5.69. The summed E-state index contributed by atoms with van der Waals surface area (Å²) >= 11 is 0. The molecule has 1 aliphatic heterocycles. The molecule has 0 N–H and O–H groups in total. The number of sulfonamides is 1. The van der Waals surface area contributed by atoms with Crippen LogP contribution in [0.4, 0.5) is 0 Å². The molecule has 1 aromatic carbocycles. The van der Waals surface area contributed by atoms with Crippen molar-refractivity contribution in [2.75, 3.05) is 12.3 Å². The molecule has 1 aromatic rings. The second kappa shape index (κ2) is 6.38. The van der Waals surface area contributed by atoms with Crippen molar-refractivity contribution in [3.63, 3.8) is 0 Å². The van der Waals surface area contributed by atoms with Crippen LogP contribution in [0.25, 0.3) is 0 Å². The number of rotatable bonds is 5. The molecule has 108 valence electrons. The quantitative estimate of drug-likeness (QED) is 0.836. The predicted molar refractivity (Wildman–Crippen MR) is 78.6 cm³/mol. The van der Waals surface area contributed by atoms with Crippen molar-refractivity contribution in [3.8, 4) is 6.07 Å². The van der Waals surface area contributed by atoms with Gasteiger partial charge in [0.2, 0.25) is 10.0 Å². The van der Waals surface area contributed by atoms with Crippen LogP contribution >= 0.6 is 0 Å². The van der Waals surface area contributed by atoms with E-state index in [9.17, 15) is 8.42 Å². The molecule has 0 saturated carbocycles. The normalized spacial score (nSPS) is 19.9. The van der Waals surface area contributed by atoms with Gasteiger partial charge < -0.3 is 0 Å². The monoisotopic (exact) mass is 292 g/mol. The lowest BCUT2D eigenvalue weighted by Crippen LogP contribution is -2.37. The van der Waals surface area contributed by atoms with E-state index >= 15 is 0 Å². The summed E-state index contributed by atoms with van der Waals surface area (Å²) < 4.78 is 26.3. The smallest absolute Gasteiger partial charge is 0.212 e. The molecule has 20 heavy (non-hydrogen) atoms. The molecule has 0 spiro atoms. The average molecular weight is 292 g/mol. The Hall–Kier alpha value is -1.38. The Balaban J connectivity index is 2.00. The van der Waals surface area contributed by atoms with E-state index in [1.165, 1.54) is 9.87 Å². The molecule has 0 bridgehead atoms. The van der Waals surface area contributed by atoms with Crippen LogP contribution in [0.2, 0.25) is 0 Å². The highest BCUT2D eigenvalue weighted by Crippen LogP contribution is 2.24. The van der Waals surface area contributed by atoms with Gasteiger partial charge in [-0.05, 0) is 31.7 Å². The lowest BCUT2D eigenvalue weighted by atomic mass is 10.1. The fraction of sp³-hybridized carbons (Fsp3) is 0.533. The molecule has 1 heterocycles. The van der Waals surface area contributed by atoms with Crippen molar-refractivity contribution in [3.05, 3.63) is 35.4 Å². The van der Waals surface area contributed by atoms with Crippen molar-refractivity contribution < 1.29 is 8.42 Å². The lowest BCUT2D eigenvalue weighted by molar-refractivity contribution is 0.391. The molecule has 0 amide bonds. The zero-order valence-electron chi connectivity index (χ0n) is 11.7. The van der Waals surface area contributed by atoms with Crippen molar-refractivity contribution in [1.82, 2.24) is 4.31 Å². The molecular weight excluding hydrogens is 272 g/mol. The summed E-state index contributed by atoms with van der Waals surface area (Å²) in [6.45, 7) is 2.57. The number of aryl methyl sites for hydroxylation is 2. The lowest BCUT2D eigenvalue weighted by Gasteiger charge is -2.22. The highest BCUT2D eigenvalue weighted by molar-refractivity contribution is 7.89. The minimum Gasteiger partial charge on any atom is -0.212 e. The molecule has 0 radical (unpaired) electrons. The summed E-state index contributed by atoms with van der Waals surface area (Å²) in [7, 11) is -3.26. The van der Waals surface area contributed by atoms with Gasteiger partial charge in [0, 0.05) is 12.6 Å². The molecule has 0 aromatic heterocycles. The Morgan fingerprint density at radius 3 is 2.70 bits per heavy atom. The number of benzene rings is 1. The molecule has 0 aliphatic carbocycles. The SMILES string of the molecule is Cc1ccc(CCS(=O)(=O)N2CCC[C@H]2CC#N)cc1. The van der Waals surface area contributed by atoms with Crippen LogP contribution in [0.3, 0.4) is 0 Å². The van der Waals surface area contributed by atoms with Crippen LogP contribution in [0.15, 0.2) is 24.3 Å². The fourth-order valence-corrected chi connectivity index (χ4v) is 4.37. The minimum absolute atomic E-state index is 0.122. The molecule has 1 saturated heterocycles. The summed E-state index contributed by atoms with van der Waals surface area (Å²) in [6, 6.07) is 9.90. The van der Waals surface area contributed by atoms with E-state index in [4.69, 9.17) is 5.26 Å². The Morgan fingerprint density at radius 2 is 2.05 bits per heavy atom. The maximum Gasteiger partial charge on any atom is 0.214 e. The van der Waals surface area contributed by atoms with Crippen LogP contribution in [-0.4, -0.2) is 31.1 Å². The van der Waals surface area contributed by atoms with Crippen molar-refractivity contribution in [1.29, 1.82) is 5.26 Å². The Bertz CT molecular complexity index is 587. The first-order chi connectivity index (χ1) is 9.53. The Morgan fingerprint density at radius 1 is 1.35 bits per heavy atom. The zero-order valence-corrected chi connectivity index (χ0v) is 12.6. The summed E-state index contributed by atoms with van der Waals surface area (Å²) in [6.07, 6.45) is 2.48. The van der Waals surface area contributed by atoms with Gasteiger partial charge in [0.25, 0.3) is 0 Å². The molecule has 0 unspecified atom stereocenters. The summed E-state index contributed by atoms with van der Waals surface area (Å²) in [5, 5.41) is 8.77. The van der Waals surface area contributed by atoms with E-state index in [0.717, 1.165) is 18.4 Å². The Labute approximate surface area is 121 Å². The highest BCUT2D eigenvalue weighted by Gasteiger charge is 2.33. The largest absolute Gasteiger partial charge is 0.214 e. The number of hydrogen-bond acceptors (Lipinski definition) is 3. The third kappa shape index (κ3) is 3.59. The van der Waals surface area contributed by atoms with Gasteiger partial charge in [-0.15, -0.1) is 0 Å². The van der Waals surface area contributed by atoms with E-state index in [1.807, 2.05) is 31.2 Å². The maximum absolute atomic E-state index is 12.4. The van der Waals surface area contributed by atoms with E-state index in [-0.39, 0.29) is 11.8 Å². The van der Waals surface area contributed by atoms with Crippen molar-refractivity contribution in [2.24, 2.45) is 0 Å². The highest BCUT2D eigenvalue weighted by atomic mass is 32.2. The first kappa shape index (κ1) is 15.0. The minimum atomic E-state index is -3.26. The van der Waals surface area contributed by atoms with E-state index in [0.29, 0.717) is 19.4 Å². The Kier molecular flexibility index (Phi) is 4.79. The topological polar surface area (TPSA) is 61.2 Å². The van der Waals surface area contributed by atoms with E-state index in [2.05, 4.69) is 6.07 Å². The van der Waals surface area contributed by atoms with E-state index < -0.39 is 10.0 Å². The van der Waals surface area contributed by atoms with Crippen LogP contribution in [0.5, 0.6) is 0 Å². The van der Waals surface area contributed by atoms with Crippen molar-refractivity contribution in [2.45, 2.75) is 38.6 Å². The van der Waals surface area contributed by atoms with Gasteiger partial charge in [0.05, 0.1) is 18.2 Å². The second-order valence-electron chi connectivity index (χ2n) is 5.32. The zero-order chi connectivity index (χ0) is 14.6. The number of nitriles is 1. The van der Waals surface area contributed by atoms with Gasteiger partial charge in [-0.1, -0.05) is 29.8 Å². The molecule has 1 aliphatic rings. The van der Waals surface area contributed by atoms with Gasteiger partial charge in [-0.25, -0.2) is 8.42 Å². The molecular formula is C15H20N2O2S. The molecule has 2 rings (SSSR count). The van der Waals surface area contributed by atoms with Gasteiger partial charge in [-0.3, -0.25) is 0 Å². The molecule has 1 fully saturated rings. The summed E-state index contributed by atoms with van der Waals surface area (Å²) in [4.78, 5) is 0. The number of nitrogens with zero attached hydrogens (tertiary/aromatic N) is 2. The first-order valence-corrected chi connectivity index (χ1v) is 8.56. The first-order valence-electron chi connectivity index (χ1n) is 6.95. The van der Waals surface area contributed by atoms with Crippen molar-refractivity contribution >= 4 is 10.0 Å². The standard InChI is InChI=1S/C15H20N2O2S/c1-13-4-6-14(7-5-13)9-12-20(18,19)17-11-2-3-15(17)8-10-16/h4-7,15H,2-3,8-9,11-12H2,1H3/t15-/m0/s1. The number of hydrogen-bond donors (Lipinski definition) is 0. The van der Waals surface area contributed by atoms with Gasteiger partial charge >= 0.3 is 0 Å². The third-order valence-electron chi connectivity index (χ3n) is 3.78. The van der Waals surface area contributed by atoms with Crippen LogP contribution in [0, 0.1) is 18.3 Å².